The molecule has 0 aromatic carbocycles. The lowest BCUT2D eigenvalue weighted by Gasteiger charge is -2.30. The van der Waals surface area contributed by atoms with Gasteiger partial charge in [0.05, 0.1) is 19.3 Å². The van der Waals surface area contributed by atoms with E-state index in [9.17, 15) is 4.79 Å². The highest BCUT2D eigenvalue weighted by Crippen LogP contribution is 2.07. The van der Waals surface area contributed by atoms with Crippen LogP contribution in [0, 0.1) is 0 Å². The van der Waals surface area contributed by atoms with E-state index in [0.717, 1.165) is 58.7 Å². The molecule has 5 nitrogen and oxygen atoms in total. The molecule has 0 saturated carbocycles. The molecule has 1 amide bonds. The first kappa shape index (κ1) is 13.8. The maximum Gasteiger partial charge on any atom is 0.237 e. The first-order valence-corrected chi connectivity index (χ1v) is 7.09. The molecule has 2 rings (SSSR count). The van der Waals surface area contributed by atoms with Crippen LogP contribution in [-0.2, 0) is 9.53 Å². The van der Waals surface area contributed by atoms with Crippen molar-refractivity contribution < 1.29 is 9.53 Å². The first-order valence-electron chi connectivity index (χ1n) is 7.09. The van der Waals surface area contributed by atoms with Crippen molar-refractivity contribution in [1.82, 2.24) is 15.5 Å². The summed E-state index contributed by atoms with van der Waals surface area (Å²) in [7, 11) is 0. The number of carbonyl (C=O) groups is 1. The van der Waals surface area contributed by atoms with Crippen molar-refractivity contribution in [2.75, 3.05) is 39.4 Å². The molecule has 0 aromatic rings. The van der Waals surface area contributed by atoms with Gasteiger partial charge < -0.3 is 15.4 Å². The van der Waals surface area contributed by atoms with Crippen molar-refractivity contribution in [2.24, 2.45) is 0 Å². The standard InChI is InChI=1S/C13H25N3O2/c1-11(10-16-6-8-18-9-7-16)15-12-4-2-3-5-14-13(12)17/h11-12,15H,2-10H2,1H3,(H,14,17). The second-order valence-electron chi connectivity index (χ2n) is 5.32. The predicted molar refractivity (Wildman–Crippen MR) is 70.5 cm³/mol. The molecule has 104 valence electrons. The Hall–Kier alpha value is -0.650. The van der Waals surface area contributed by atoms with Crippen molar-refractivity contribution in [3.63, 3.8) is 0 Å². The molecule has 5 heteroatoms. The normalized spacial score (nSPS) is 28.5. The first-order chi connectivity index (χ1) is 8.75. The summed E-state index contributed by atoms with van der Waals surface area (Å²) in [6, 6.07) is 0.334. The molecule has 0 spiro atoms. The summed E-state index contributed by atoms with van der Waals surface area (Å²) in [4.78, 5) is 14.2. The van der Waals surface area contributed by atoms with Crippen LogP contribution < -0.4 is 10.6 Å². The van der Waals surface area contributed by atoms with E-state index in [1.807, 2.05) is 0 Å². The van der Waals surface area contributed by atoms with Gasteiger partial charge in [-0.2, -0.15) is 0 Å². The van der Waals surface area contributed by atoms with E-state index >= 15 is 0 Å². The summed E-state index contributed by atoms with van der Waals surface area (Å²) >= 11 is 0. The molecule has 2 saturated heterocycles. The van der Waals surface area contributed by atoms with E-state index in [1.54, 1.807) is 0 Å². The Labute approximate surface area is 109 Å². The lowest BCUT2D eigenvalue weighted by Crippen LogP contribution is -2.51. The van der Waals surface area contributed by atoms with Crippen LogP contribution in [0.1, 0.15) is 26.2 Å². The largest absolute Gasteiger partial charge is 0.379 e. The predicted octanol–water partition coefficient (Wildman–Crippen LogP) is -0.0346. The summed E-state index contributed by atoms with van der Waals surface area (Å²) in [6.07, 6.45) is 3.18. The molecule has 2 aliphatic heterocycles. The molecule has 0 aliphatic carbocycles. The molecule has 2 heterocycles. The molecule has 0 bridgehead atoms. The van der Waals surface area contributed by atoms with Crippen LogP contribution in [0.3, 0.4) is 0 Å². The summed E-state index contributed by atoms with van der Waals surface area (Å²) in [5, 5.41) is 6.43. The number of nitrogens with one attached hydrogen (secondary N) is 2. The maximum atomic E-state index is 11.8. The average Bonchev–Trinajstić information content (AvgIpc) is 2.56. The van der Waals surface area contributed by atoms with Gasteiger partial charge >= 0.3 is 0 Å². The third-order valence-electron chi connectivity index (χ3n) is 3.66. The van der Waals surface area contributed by atoms with Crippen LogP contribution >= 0.6 is 0 Å². The van der Waals surface area contributed by atoms with E-state index in [0.29, 0.717) is 6.04 Å². The minimum absolute atomic E-state index is 0.0106. The van der Waals surface area contributed by atoms with E-state index in [-0.39, 0.29) is 11.9 Å². The Kier molecular flexibility index (Phi) is 5.41. The zero-order chi connectivity index (χ0) is 12.8. The van der Waals surface area contributed by atoms with Gasteiger partial charge in [-0.15, -0.1) is 0 Å². The molecule has 0 radical (unpaired) electrons. The SMILES string of the molecule is CC(CN1CCOCC1)NC1CCCCNC1=O. The topological polar surface area (TPSA) is 53.6 Å². The molecule has 2 aliphatic rings. The summed E-state index contributed by atoms with van der Waals surface area (Å²) < 4.78 is 5.34. The summed E-state index contributed by atoms with van der Waals surface area (Å²) in [6.45, 7) is 7.65. The second kappa shape index (κ2) is 7.07. The van der Waals surface area contributed by atoms with E-state index in [1.165, 1.54) is 0 Å². The highest BCUT2D eigenvalue weighted by Gasteiger charge is 2.23. The number of hydrogen-bond donors (Lipinski definition) is 2. The number of ether oxygens (including phenoxy) is 1. The smallest absolute Gasteiger partial charge is 0.237 e. The van der Waals surface area contributed by atoms with Gasteiger partial charge in [0.25, 0.3) is 0 Å². The molecule has 0 aromatic heterocycles. The number of rotatable bonds is 4. The molecule has 2 N–H and O–H groups in total. The maximum absolute atomic E-state index is 11.8. The van der Waals surface area contributed by atoms with E-state index < -0.39 is 0 Å². The third kappa shape index (κ3) is 4.23. The van der Waals surface area contributed by atoms with Gasteiger partial charge in [-0.25, -0.2) is 0 Å². The number of nitrogens with zero attached hydrogens (tertiary/aromatic N) is 1. The monoisotopic (exact) mass is 255 g/mol. The summed E-state index contributed by atoms with van der Waals surface area (Å²) in [5.41, 5.74) is 0. The quantitative estimate of drug-likeness (QED) is 0.740. The Bertz CT molecular complexity index is 267. The second-order valence-corrected chi connectivity index (χ2v) is 5.32. The van der Waals surface area contributed by atoms with Gasteiger partial charge in [0.1, 0.15) is 0 Å². The molecular formula is C13H25N3O2. The highest BCUT2D eigenvalue weighted by molar-refractivity contribution is 5.81. The van der Waals surface area contributed by atoms with Gasteiger partial charge in [-0.05, 0) is 26.2 Å². The van der Waals surface area contributed by atoms with Crippen LogP contribution in [-0.4, -0.2) is 62.3 Å². The van der Waals surface area contributed by atoms with Crippen molar-refractivity contribution in [3.05, 3.63) is 0 Å². The van der Waals surface area contributed by atoms with Crippen molar-refractivity contribution >= 4 is 5.91 Å². The number of hydrogen-bond acceptors (Lipinski definition) is 4. The highest BCUT2D eigenvalue weighted by atomic mass is 16.5. The molecular weight excluding hydrogens is 230 g/mol. The van der Waals surface area contributed by atoms with Crippen molar-refractivity contribution in [3.8, 4) is 0 Å². The fourth-order valence-electron chi connectivity index (χ4n) is 2.67. The fraction of sp³-hybridized carbons (Fsp3) is 0.923. The molecule has 2 unspecified atom stereocenters. The zero-order valence-corrected chi connectivity index (χ0v) is 11.3. The molecule has 2 fully saturated rings. The average molecular weight is 255 g/mol. The van der Waals surface area contributed by atoms with Gasteiger partial charge in [-0.1, -0.05) is 0 Å². The van der Waals surface area contributed by atoms with Crippen LogP contribution in [0.4, 0.5) is 0 Å². The van der Waals surface area contributed by atoms with Gasteiger partial charge in [0.15, 0.2) is 0 Å². The minimum atomic E-state index is -0.0106. The zero-order valence-electron chi connectivity index (χ0n) is 11.3. The fourth-order valence-corrected chi connectivity index (χ4v) is 2.67. The summed E-state index contributed by atoms with van der Waals surface area (Å²) in [5.74, 6) is 0.168. The molecule has 2 atom stereocenters. The van der Waals surface area contributed by atoms with Gasteiger partial charge in [-0.3, -0.25) is 9.69 Å². The van der Waals surface area contributed by atoms with Crippen molar-refractivity contribution in [1.29, 1.82) is 0 Å². The Morgan fingerprint density at radius 2 is 2.22 bits per heavy atom. The van der Waals surface area contributed by atoms with Gasteiger partial charge in [0.2, 0.25) is 5.91 Å². The third-order valence-corrected chi connectivity index (χ3v) is 3.66. The number of amides is 1. The van der Waals surface area contributed by atoms with E-state index in [4.69, 9.17) is 4.74 Å². The van der Waals surface area contributed by atoms with E-state index in [2.05, 4.69) is 22.5 Å². The number of carbonyl (C=O) groups excluding carboxylic acids is 1. The Balaban J connectivity index is 1.74. The van der Waals surface area contributed by atoms with Crippen LogP contribution in [0.25, 0.3) is 0 Å². The molecule has 18 heavy (non-hydrogen) atoms. The lowest BCUT2D eigenvalue weighted by molar-refractivity contribution is -0.123. The van der Waals surface area contributed by atoms with Gasteiger partial charge in [0, 0.05) is 32.2 Å². The van der Waals surface area contributed by atoms with Crippen LogP contribution in [0.15, 0.2) is 0 Å². The number of morpholine rings is 1. The van der Waals surface area contributed by atoms with Crippen LogP contribution in [0.2, 0.25) is 0 Å². The minimum Gasteiger partial charge on any atom is -0.379 e. The van der Waals surface area contributed by atoms with Crippen molar-refractivity contribution in [2.45, 2.75) is 38.3 Å². The lowest BCUT2D eigenvalue weighted by atomic mass is 10.1. The Morgan fingerprint density at radius 1 is 1.44 bits per heavy atom. The Morgan fingerprint density at radius 3 is 3.00 bits per heavy atom. The van der Waals surface area contributed by atoms with Crippen LogP contribution in [0.5, 0.6) is 0 Å².